The molecule has 0 saturated carbocycles. The Bertz CT molecular complexity index is 1070. The zero-order valence-electron chi connectivity index (χ0n) is 14.5. The molecule has 27 heavy (non-hydrogen) atoms. The number of benzene rings is 1. The molecule has 10 nitrogen and oxygen atoms in total. The van der Waals surface area contributed by atoms with Gasteiger partial charge in [-0.1, -0.05) is 6.07 Å². The molecule has 3 aromatic heterocycles. The number of nitrogens with zero attached hydrogens (tertiary/aromatic N) is 7. The van der Waals surface area contributed by atoms with E-state index in [2.05, 4.69) is 30.5 Å². The minimum atomic E-state index is -0.417. The maximum Gasteiger partial charge on any atom is 0.295 e. The Morgan fingerprint density at radius 1 is 1.30 bits per heavy atom. The zero-order valence-corrected chi connectivity index (χ0v) is 14.5. The molecule has 10 heteroatoms. The third kappa shape index (κ3) is 3.73. The van der Waals surface area contributed by atoms with Gasteiger partial charge in [-0.25, -0.2) is 19.2 Å². The quantitative estimate of drug-likeness (QED) is 0.549. The van der Waals surface area contributed by atoms with E-state index in [1.54, 1.807) is 41.5 Å². The summed E-state index contributed by atoms with van der Waals surface area (Å²) >= 11 is 0. The van der Waals surface area contributed by atoms with Gasteiger partial charge in [0.25, 0.3) is 11.7 Å². The average molecular weight is 364 g/mol. The van der Waals surface area contributed by atoms with Crippen molar-refractivity contribution in [3.8, 4) is 5.75 Å². The van der Waals surface area contributed by atoms with E-state index >= 15 is 0 Å². The molecular formula is C17H16N8O2. The van der Waals surface area contributed by atoms with E-state index in [9.17, 15) is 4.79 Å². The summed E-state index contributed by atoms with van der Waals surface area (Å²) in [6, 6.07) is 8.90. The van der Waals surface area contributed by atoms with Gasteiger partial charge in [0.2, 0.25) is 5.82 Å². The largest absolute Gasteiger partial charge is 0.492 e. The monoisotopic (exact) mass is 364 g/mol. The van der Waals surface area contributed by atoms with Gasteiger partial charge < -0.3 is 10.1 Å². The summed E-state index contributed by atoms with van der Waals surface area (Å²) in [5.41, 5.74) is 1.43. The highest BCUT2D eigenvalue weighted by Gasteiger charge is 2.14. The molecule has 0 bridgehead atoms. The van der Waals surface area contributed by atoms with Gasteiger partial charge in [-0.15, -0.1) is 5.10 Å². The second-order valence-corrected chi connectivity index (χ2v) is 5.72. The molecule has 0 aliphatic carbocycles. The number of carbonyl (C=O) groups excluding carboxylic acids is 1. The molecular weight excluding hydrogens is 348 g/mol. The summed E-state index contributed by atoms with van der Waals surface area (Å²) in [5, 5.41) is 11.0. The van der Waals surface area contributed by atoms with Gasteiger partial charge in [0.1, 0.15) is 25.0 Å². The summed E-state index contributed by atoms with van der Waals surface area (Å²) in [6.45, 7) is 2.87. The van der Waals surface area contributed by atoms with Crippen LogP contribution in [-0.4, -0.2) is 46.9 Å². The Morgan fingerprint density at radius 2 is 2.22 bits per heavy atom. The highest BCUT2D eigenvalue weighted by molar-refractivity contribution is 6.01. The molecule has 0 atom stereocenters. The van der Waals surface area contributed by atoms with Crippen molar-refractivity contribution in [3.05, 3.63) is 60.7 Å². The summed E-state index contributed by atoms with van der Waals surface area (Å²) in [4.78, 5) is 24.6. The van der Waals surface area contributed by atoms with Crippen molar-refractivity contribution in [2.75, 3.05) is 11.9 Å². The second kappa shape index (κ2) is 7.20. The van der Waals surface area contributed by atoms with E-state index < -0.39 is 5.91 Å². The lowest BCUT2D eigenvalue weighted by atomic mass is 10.3. The van der Waals surface area contributed by atoms with Crippen molar-refractivity contribution >= 4 is 17.4 Å². The molecule has 1 N–H and O–H groups in total. The fourth-order valence-corrected chi connectivity index (χ4v) is 2.46. The first-order valence-corrected chi connectivity index (χ1v) is 8.24. The number of aromatic nitrogens is 7. The van der Waals surface area contributed by atoms with Crippen LogP contribution in [0.5, 0.6) is 5.75 Å². The number of nitrogens with one attached hydrogen (secondary N) is 1. The van der Waals surface area contributed by atoms with Gasteiger partial charge in [-0.2, -0.15) is 10.1 Å². The van der Waals surface area contributed by atoms with Crippen LogP contribution >= 0.6 is 0 Å². The number of aryl methyl sites for hydroxylation is 1. The molecule has 1 amide bonds. The first-order chi connectivity index (χ1) is 13.2. The van der Waals surface area contributed by atoms with Crippen LogP contribution in [0.15, 0.2) is 49.2 Å². The van der Waals surface area contributed by atoms with E-state index in [0.717, 1.165) is 5.69 Å². The first kappa shape index (κ1) is 16.6. The molecule has 4 rings (SSSR count). The Hall–Kier alpha value is -3.82. The molecule has 0 unspecified atom stereocenters. The third-order valence-corrected chi connectivity index (χ3v) is 3.78. The lowest BCUT2D eigenvalue weighted by molar-refractivity contribution is 0.101. The van der Waals surface area contributed by atoms with Crippen LogP contribution < -0.4 is 10.1 Å². The van der Waals surface area contributed by atoms with Crippen LogP contribution in [0.2, 0.25) is 0 Å². The predicted molar refractivity (Wildman–Crippen MR) is 95.4 cm³/mol. The minimum Gasteiger partial charge on any atom is -0.492 e. The van der Waals surface area contributed by atoms with Crippen LogP contribution in [0.1, 0.15) is 16.3 Å². The van der Waals surface area contributed by atoms with E-state index in [4.69, 9.17) is 4.74 Å². The zero-order chi connectivity index (χ0) is 18.6. The van der Waals surface area contributed by atoms with Gasteiger partial charge in [0, 0.05) is 23.6 Å². The second-order valence-electron chi connectivity index (χ2n) is 5.72. The van der Waals surface area contributed by atoms with Gasteiger partial charge in [-0.3, -0.25) is 4.79 Å². The fraction of sp³-hybridized carbons (Fsp3) is 0.176. The molecule has 0 aliphatic rings. The van der Waals surface area contributed by atoms with Gasteiger partial charge in [-0.05, 0) is 25.1 Å². The van der Waals surface area contributed by atoms with Crippen molar-refractivity contribution in [1.82, 2.24) is 34.3 Å². The summed E-state index contributed by atoms with van der Waals surface area (Å²) in [7, 11) is 0. The first-order valence-electron chi connectivity index (χ1n) is 8.24. The molecule has 0 spiro atoms. The standard InChI is InChI=1S/C17H16N8O2/c1-12-5-6-19-17-22-15(23-25(12)17)16(26)21-13-3-2-4-14(9-13)27-8-7-24-11-18-10-20-24/h2-6,9-11H,7-8H2,1H3,(H,21,26). The highest BCUT2D eigenvalue weighted by Crippen LogP contribution is 2.18. The van der Waals surface area contributed by atoms with Crippen molar-refractivity contribution < 1.29 is 9.53 Å². The maximum absolute atomic E-state index is 12.4. The smallest absolute Gasteiger partial charge is 0.295 e. The van der Waals surface area contributed by atoms with E-state index in [1.807, 2.05) is 13.0 Å². The van der Waals surface area contributed by atoms with E-state index in [0.29, 0.717) is 30.4 Å². The number of amides is 1. The van der Waals surface area contributed by atoms with Gasteiger partial charge in [0.05, 0.1) is 6.54 Å². The van der Waals surface area contributed by atoms with Crippen LogP contribution in [0.25, 0.3) is 5.78 Å². The number of ether oxygens (including phenoxy) is 1. The molecule has 4 aromatic rings. The van der Waals surface area contributed by atoms with Crippen LogP contribution in [-0.2, 0) is 6.54 Å². The average Bonchev–Trinajstić information content (AvgIpc) is 3.32. The van der Waals surface area contributed by atoms with Crippen molar-refractivity contribution in [2.24, 2.45) is 0 Å². The molecule has 0 radical (unpaired) electrons. The predicted octanol–water partition coefficient (Wildman–Crippen LogP) is 1.36. The Morgan fingerprint density at radius 3 is 3.04 bits per heavy atom. The van der Waals surface area contributed by atoms with Crippen molar-refractivity contribution in [3.63, 3.8) is 0 Å². The molecule has 0 saturated heterocycles. The molecule has 136 valence electrons. The lowest BCUT2D eigenvalue weighted by Gasteiger charge is -2.08. The Balaban J connectivity index is 1.42. The molecule has 3 heterocycles. The van der Waals surface area contributed by atoms with E-state index in [-0.39, 0.29) is 5.82 Å². The van der Waals surface area contributed by atoms with Gasteiger partial charge >= 0.3 is 0 Å². The SMILES string of the molecule is Cc1ccnc2nc(C(=O)Nc3cccc(OCCn4cncn4)c3)nn12. The van der Waals surface area contributed by atoms with Crippen molar-refractivity contribution in [2.45, 2.75) is 13.5 Å². The Labute approximate surface area is 153 Å². The van der Waals surface area contributed by atoms with Crippen LogP contribution in [0.3, 0.4) is 0 Å². The molecule has 0 aliphatic heterocycles. The topological polar surface area (TPSA) is 112 Å². The lowest BCUT2D eigenvalue weighted by Crippen LogP contribution is -2.14. The van der Waals surface area contributed by atoms with Gasteiger partial charge in [0.15, 0.2) is 0 Å². The number of fused-ring (bicyclic) bond motifs is 1. The molecule has 0 fully saturated rings. The maximum atomic E-state index is 12.4. The van der Waals surface area contributed by atoms with E-state index in [1.165, 1.54) is 10.8 Å². The Kier molecular flexibility index (Phi) is 4.44. The van der Waals surface area contributed by atoms with Crippen molar-refractivity contribution in [1.29, 1.82) is 0 Å². The summed E-state index contributed by atoms with van der Waals surface area (Å²) < 4.78 is 8.89. The summed E-state index contributed by atoms with van der Waals surface area (Å²) in [5.74, 6) is 0.646. The number of anilines is 1. The number of hydrogen-bond acceptors (Lipinski definition) is 7. The number of rotatable bonds is 6. The summed E-state index contributed by atoms with van der Waals surface area (Å²) in [6.07, 6.45) is 4.72. The third-order valence-electron chi connectivity index (χ3n) is 3.78. The normalized spacial score (nSPS) is 10.9. The molecule has 1 aromatic carbocycles. The minimum absolute atomic E-state index is 0.0503. The fourth-order valence-electron chi connectivity index (χ4n) is 2.46. The van der Waals surface area contributed by atoms with Crippen LogP contribution in [0, 0.1) is 6.92 Å². The van der Waals surface area contributed by atoms with Crippen LogP contribution in [0.4, 0.5) is 5.69 Å². The highest BCUT2D eigenvalue weighted by atomic mass is 16.5. The number of hydrogen-bond donors (Lipinski definition) is 1. The number of carbonyl (C=O) groups is 1.